The van der Waals surface area contributed by atoms with E-state index in [4.69, 9.17) is 21.0 Å². The molecule has 4 atom stereocenters. The highest BCUT2D eigenvalue weighted by atomic mass is 35.5. The number of allylic oxidation sites excluding steroid dienone is 1. The summed E-state index contributed by atoms with van der Waals surface area (Å²) in [4.78, 5) is 28.6. The van der Waals surface area contributed by atoms with E-state index in [0.29, 0.717) is 63.8 Å². The molecule has 2 N–H and O–H groups in total. The van der Waals surface area contributed by atoms with Gasteiger partial charge in [0.15, 0.2) is 0 Å². The van der Waals surface area contributed by atoms with Gasteiger partial charge in [-0.3, -0.25) is 9.59 Å². The zero-order chi connectivity index (χ0) is 38.2. The summed E-state index contributed by atoms with van der Waals surface area (Å²) >= 11 is 6.37. The first-order chi connectivity index (χ1) is 25.0. The zero-order valence-electron chi connectivity index (χ0n) is 28.4. The Kier molecular flexibility index (Phi) is 11.1. The molecule has 53 heavy (non-hydrogen) atoms. The SMILES string of the molecule is CCC/C(=C\c1ccc(O)cc1Cl)CC[C@H]1OB(O)C[C@H]2C1=C(COc1ccccc1)C[C@H]1C(=O)N(c3cc(C(F)(F)F)cc(C(F)(F)F)c3)C(=O)[C@H]12. The highest BCUT2D eigenvalue weighted by Crippen LogP contribution is 2.52. The molecule has 7 nitrogen and oxygen atoms in total. The van der Waals surface area contributed by atoms with Crippen LogP contribution in [0.2, 0.25) is 11.3 Å². The third-order valence-corrected chi connectivity index (χ3v) is 10.3. The van der Waals surface area contributed by atoms with Crippen molar-refractivity contribution < 1.29 is 55.5 Å². The molecule has 2 fully saturated rings. The number of ether oxygens (including phenoxy) is 1. The molecule has 0 saturated carbocycles. The molecule has 2 amide bonds. The van der Waals surface area contributed by atoms with E-state index < -0.39 is 72.0 Å². The lowest BCUT2D eigenvalue weighted by Gasteiger charge is -2.43. The number of amides is 2. The van der Waals surface area contributed by atoms with Crippen LogP contribution in [0.15, 0.2) is 83.4 Å². The topological polar surface area (TPSA) is 96.3 Å². The Bertz CT molecular complexity index is 1900. The summed E-state index contributed by atoms with van der Waals surface area (Å²) in [5.74, 6) is -4.49. The maximum atomic E-state index is 14.2. The van der Waals surface area contributed by atoms with Crippen molar-refractivity contribution >= 4 is 42.3 Å². The number of nitrogens with zero attached hydrogens (tertiary/aromatic N) is 1. The molecule has 3 aliphatic rings. The molecule has 0 radical (unpaired) electrons. The van der Waals surface area contributed by atoms with Crippen LogP contribution in [0, 0.1) is 17.8 Å². The van der Waals surface area contributed by atoms with Crippen LogP contribution in [0.25, 0.3) is 6.08 Å². The van der Waals surface area contributed by atoms with Gasteiger partial charge in [-0.1, -0.05) is 54.8 Å². The normalized spacial score (nSPS) is 22.3. The van der Waals surface area contributed by atoms with Gasteiger partial charge in [0.05, 0.1) is 39.8 Å². The Balaban J connectivity index is 1.37. The van der Waals surface area contributed by atoms with Gasteiger partial charge in [0.2, 0.25) is 11.8 Å². The number of para-hydroxylation sites is 1. The minimum absolute atomic E-state index is 0.0139. The summed E-state index contributed by atoms with van der Waals surface area (Å²) in [7, 11) is -1.38. The number of hydrogen-bond acceptors (Lipinski definition) is 6. The number of phenols is 1. The molecular weight excluding hydrogens is 727 g/mol. The Hall–Kier alpha value is -4.27. The Morgan fingerprint density at radius 3 is 2.26 bits per heavy atom. The maximum absolute atomic E-state index is 14.2. The van der Waals surface area contributed by atoms with E-state index in [1.54, 1.807) is 36.4 Å². The third kappa shape index (κ3) is 8.29. The molecule has 0 bridgehead atoms. The molecule has 280 valence electrons. The largest absolute Gasteiger partial charge is 0.508 e. The molecule has 0 unspecified atom stereocenters. The van der Waals surface area contributed by atoms with Gasteiger partial charge in [0, 0.05) is 0 Å². The molecule has 0 spiro atoms. The van der Waals surface area contributed by atoms with E-state index in [9.17, 15) is 46.1 Å². The molecule has 0 aromatic heterocycles. The van der Waals surface area contributed by atoms with Crippen LogP contribution in [-0.4, -0.2) is 41.8 Å². The summed E-state index contributed by atoms with van der Waals surface area (Å²) in [5.41, 5.74) is -1.24. The monoisotopic (exact) mass is 761 g/mol. The number of imide groups is 1. The van der Waals surface area contributed by atoms with Gasteiger partial charge in [-0.05, 0) is 103 Å². The van der Waals surface area contributed by atoms with E-state index >= 15 is 0 Å². The van der Waals surface area contributed by atoms with Gasteiger partial charge in [0.25, 0.3) is 0 Å². The predicted octanol–water partition coefficient (Wildman–Crippen LogP) is 9.13. The van der Waals surface area contributed by atoms with Crippen LogP contribution in [0.3, 0.4) is 0 Å². The smallest absolute Gasteiger partial charge is 0.455 e. The van der Waals surface area contributed by atoms with Gasteiger partial charge < -0.3 is 19.5 Å². The number of rotatable bonds is 10. The van der Waals surface area contributed by atoms with E-state index in [-0.39, 0.29) is 31.2 Å². The molecule has 2 aliphatic heterocycles. The lowest BCUT2D eigenvalue weighted by Crippen LogP contribution is -2.46. The second-order valence-electron chi connectivity index (χ2n) is 13.5. The van der Waals surface area contributed by atoms with E-state index in [2.05, 4.69) is 0 Å². The fourth-order valence-corrected chi connectivity index (χ4v) is 7.90. The van der Waals surface area contributed by atoms with E-state index in [1.165, 1.54) is 12.1 Å². The summed E-state index contributed by atoms with van der Waals surface area (Å²) in [6.45, 7) is 1.96. The molecule has 2 saturated heterocycles. The van der Waals surface area contributed by atoms with Gasteiger partial charge in [-0.2, -0.15) is 26.3 Å². The number of hydrogen-bond donors (Lipinski definition) is 2. The molecule has 2 heterocycles. The number of phenolic OH excluding ortho intramolecular Hbond substituents is 1. The second kappa shape index (κ2) is 15.2. The third-order valence-electron chi connectivity index (χ3n) is 9.94. The minimum atomic E-state index is -5.19. The van der Waals surface area contributed by atoms with Crippen LogP contribution in [0.1, 0.15) is 55.7 Å². The summed E-state index contributed by atoms with van der Waals surface area (Å²) < 4.78 is 94.9. The van der Waals surface area contributed by atoms with Crippen molar-refractivity contribution in [3.05, 3.63) is 105 Å². The standard InChI is InChI=1S/C38H35BClF6NO6/c1-2-6-21(13-22-10-11-27(48)18-31(22)40)9-12-32-33-23(20-52-28-7-4-3-5-8-28)14-29-34(30(33)19-39(51)53-32)36(50)47(35(29)49)26-16-24(37(41,42)43)15-25(17-26)38(44,45)46/h3-5,7-8,10-11,13,15-18,29-30,32,34,48,51H,2,6,9,12,14,19-20H2,1H3/b21-13+/t29-,30+,32-,34-/m1/s1. The molecule has 15 heteroatoms. The van der Waals surface area contributed by atoms with Crippen molar-refractivity contribution in [3.8, 4) is 11.5 Å². The zero-order valence-corrected chi connectivity index (χ0v) is 29.1. The van der Waals surface area contributed by atoms with Crippen molar-refractivity contribution in [3.63, 3.8) is 0 Å². The van der Waals surface area contributed by atoms with Gasteiger partial charge in [0.1, 0.15) is 18.1 Å². The fourth-order valence-electron chi connectivity index (χ4n) is 7.67. The van der Waals surface area contributed by atoms with Crippen molar-refractivity contribution in [2.75, 3.05) is 11.5 Å². The first kappa shape index (κ1) is 38.5. The molecular formula is C38H35BClF6NO6. The number of anilines is 1. The molecule has 3 aromatic carbocycles. The summed E-state index contributed by atoms with van der Waals surface area (Å²) in [6.07, 6.45) is -7.18. The summed E-state index contributed by atoms with van der Waals surface area (Å²) in [5, 5.41) is 21.1. The van der Waals surface area contributed by atoms with Crippen molar-refractivity contribution in [1.82, 2.24) is 0 Å². The fraction of sp³-hybridized carbons (Fsp3) is 0.368. The van der Waals surface area contributed by atoms with Crippen molar-refractivity contribution in [1.29, 1.82) is 0 Å². The highest BCUT2D eigenvalue weighted by molar-refractivity contribution is 6.43. The van der Waals surface area contributed by atoms with E-state index in [1.807, 2.05) is 13.0 Å². The Labute approximate surface area is 307 Å². The van der Waals surface area contributed by atoms with Crippen LogP contribution in [0.5, 0.6) is 11.5 Å². The quantitative estimate of drug-likeness (QED) is 0.0927. The lowest BCUT2D eigenvalue weighted by atomic mass is 9.58. The van der Waals surface area contributed by atoms with Gasteiger partial charge in [-0.15, -0.1) is 0 Å². The molecule has 6 rings (SSSR count). The second-order valence-corrected chi connectivity index (χ2v) is 13.9. The van der Waals surface area contributed by atoms with Crippen LogP contribution < -0.4 is 9.64 Å². The molecule has 1 aliphatic carbocycles. The number of aromatic hydroxyl groups is 1. The highest BCUT2D eigenvalue weighted by Gasteiger charge is 2.58. The van der Waals surface area contributed by atoms with E-state index in [0.717, 1.165) is 12.0 Å². The average molecular weight is 762 g/mol. The Morgan fingerprint density at radius 1 is 0.962 bits per heavy atom. The van der Waals surface area contributed by atoms with Crippen LogP contribution >= 0.6 is 11.6 Å². The predicted molar refractivity (Wildman–Crippen MR) is 186 cm³/mol. The Morgan fingerprint density at radius 2 is 1.64 bits per heavy atom. The van der Waals surface area contributed by atoms with Crippen molar-refractivity contribution in [2.45, 2.75) is 63.8 Å². The number of carbonyl (C=O) groups is 2. The van der Waals surface area contributed by atoms with Crippen LogP contribution in [-0.2, 0) is 26.6 Å². The number of alkyl halides is 6. The van der Waals surface area contributed by atoms with Crippen molar-refractivity contribution in [2.24, 2.45) is 17.8 Å². The number of carbonyl (C=O) groups excluding carboxylic acids is 2. The van der Waals surface area contributed by atoms with Gasteiger partial charge >= 0.3 is 19.5 Å². The minimum Gasteiger partial charge on any atom is -0.508 e. The summed E-state index contributed by atoms with van der Waals surface area (Å²) in [6, 6.07) is 14.1. The first-order valence-electron chi connectivity index (χ1n) is 17.1. The van der Waals surface area contributed by atoms with Crippen LogP contribution in [0.4, 0.5) is 32.0 Å². The lowest BCUT2D eigenvalue weighted by molar-refractivity contribution is -0.143. The molecule has 3 aromatic rings. The average Bonchev–Trinajstić information content (AvgIpc) is 3.35. The number of benzene rings is 3. The van der Waals surface area contributed by atoms with Gasteiger partial charge in [-0.25, -0.2) is 4.90 Å². The maximum Gasteiger partial charge on any atom is 0.455 e. The number of halogens is 7. The first-order valence-corrected chi connectivity index (χ1v) is 17.5. The number of fused-ring (bicyclic) bond motifs is 3.